The molecule has 1 saturated heterocycles. The maximum Gasteiger partial charge on any atom is 0.329 e. The molecule has 1 unspecified atom stereocenters. The molecular formula is C30H30Cl3N3O5. The van der Waals surface area contributed by atoms with Gasteiger partial charge in [0.2, 0.25) is 0 Å². The van der Waals surface area contributed by atoms with Crippen molar-refractivity contribution in [3.05, 3.63) is 98.0 Å². The zero-order valence-corrected chi connectivity index (χ0v) is 24.7. The van der Waals surface area contributed by atoms with Crippen LogP contribution >= 0.6 is 34.8 Å². The van der Waals surface area contributed by atoms with Crippen molar-refractivity contribution in [3.8, 4) is 0 Å². The van der Waals surface area contributed by atoms with Gasteiger partial charge in [-0.3, -0.25) is 14.5 Å². The van der Waals surface area contributed by atoms with E-state index in [0.29, 0.717) is 41.6 Å². The van der Waals surface area contributed by atoms with Crippen molar-refractivity contribution in [2.24, 2.45) is 0 Å². The molecule has 1 aliphatic heterocycles. The first-order valence-electron chi connectivity index (χ1n) is 13.1. The van der Waals surface area contributed by atoms with Crippen LogP contribution in [-0.4, -0.2) is 68.2 Å². The number of rotatable bonds is 10. The minimum absolute atomic E-state index is 0.163. The summed E-state index contributed by atoms with van der Waals surface area (Å²) in [7, 11) is 0. The zero-order chi connectivity index (χ0) is 29.4. The van der Waals surface area contributed by atoms with Gasteiger partial charge >= 0.3 is 5.97 Å². The van der Waals surface area contributed by atoms with Crippen molar-refractivity contribution in [2.45, 2.75) is 19.4 Å². The van der Waals surface area contributed by atoms with Crippen LogP contribution < -0.4 is 10.6 Å². The Balaban J connectivity index is 1.45. The standard InChI is InChI=1S/C30H30Cl3N3O5/c1-19-4-2-5-22(31)26(19)28(37)35-25(30(39)41-17-14-36-12-15-40-16-13-36)18-20-8-10-21(11-9-20)34-29(38)27-23(32)6-3-7-24(27)33/h2-11,25H,12-18H2,1H3,(H,34,38)(H,35,37). The second-order valence-corrected chi connectivity index (χ2v) is 10.8. The van der Waals surface area contributed by atoms with Gasteiger partial charge in [0.25, 0.3) is 11.8 Å². The Morgan fingerprint density at radius 1 is 0.878 bits per heavy atom. The van der Waals surface area contributed by atoms with Gasteiger partial charge in [0, 0.05) is 31.7 Å². The molecule has 0 bridgehead atoms. The van der Waals surface area contributed by atoms with Gasteiger partial charge in [-0.15, -0.1) is 0 Å². The van der Waals surface area contributed by atoms with Crippen LogP contribution in [0, 0.1) is 6.92 Å². The number of halogens is 3. The van der Waals surface area contributed by atoms with Gasteiger partial charge < -0.3 is 20.1 Å². The highest BCUT2D eigenvalue weighted by molar-refractivity contribution is 6.40. The van der Waals surface area contributed by atoms with Crippen LogP contribution in [0.3, 0.4) is 0 Å². The van der Waals surface area contributed by atoms with E-state index in [0.717, 1.165) is 18.7 Å². The number of ether oxygens (including phenoxy) is 2. The third-order valence-corrected chi connectivity index (χ3v) is 7.58. The van der Waals surface area contributed by atoms with Gasteiger partial charge in [-0.1, -0.05) is 65.1 Å². The number of nitrogens with one attached hydrogen (secondary N) is 2. The van der Waals surface area contributed by atoms with Gasteiger partial charge in [-0.25, -0.2) is 4.79 Å². The number of carbonyl (C=O) groups excluding carboxylic acids is 3. The molecule has 41 heavy (non-hydrogen) atoms. The first-order chi connectivity index (χ1) is 19.7. The van der Waals surface area contributed by atoms with E-state index >= 15 is 0 Å². The number of benzene rings is 3. The van der Waals surface area contributed by atoms with E-state index in [1.807, 2.05) is 0 Å². The molecule has 3 aromatic carbocycles. The van der Waals surface area contributed by atoms with Crippen LogP contribution in [0.25, 0.3) is 0 Å². The van der Waals surface area contributed by atoms with Crippen molar-refractivity contribution in [3.63, 3.8) is 0 Å². The molecule has 2 N–H and O–H groups in total. The number of nitrogens with zero attached hydrogens (tertiary/aromatic N) is 1. The van der Waals surface area contributed by atoms with Gasteiger partial charge in [0.05, 0.1) is 39.4 Å². The maximum atomic E-state index is 13.2. The van der Waals surface area contributed by atoms with Crippen LogP contribution in [-0.2, 0) is 20.7 Å². The lowest BCUT2D eigenvalue weighted by molar-refractivity contribution is -0.146. The highest BCUT2D eigenvalue weighted by Gasteiger charge is 2.26. The van der Waals surface area contributed by atoms with Crippen molar-refractivity contribution in [1.29, 1.82) is 0 Å². The molecular weight excluding hydrogens is 589 g/mol. The minimum atomic E-state index is -0.967. The molecule has 1 fully saturated rings. The number of hydrogen-bond donors (Lipinski definition) is 2. The van der Waals surface area contributed by atoms with E-state index in [2.05, 4.69) is 15.5 Å². The first-order valence-corrected chi connectivity index (χ1v) is 14.2. The molecule has 4 rings (SSSR count). The average Bonchev–Trinajstić information content (AvgIpc) is 2.94. The fourth-order valence-corrected chi connectivity index (χ4v) is 5.29. The Morgan fingerprint density at radius 2 is 1.49 bits per heavy atom. The van der Waals surface area contributed by atoms with Crippen molar-refractivity contribution in [1.82, 2.24) is 10.2 Å². The average molecular weight is 619 g/mol. The Kier molecular flexibility index (Phi) is 11.0. The number of esters is 1. The van der Waals surface area contributed by atoms with E-state index in [1.165, 1.54) is 0 Å². The third kappa shape index (κ3) is 8.44. The number of aryl methyl sites for hydroxylation is 1. The van der Waals surface area contributed by atoms with E-state index in [4.69, 9.17) is 44.3 Å². The van der Waals surface area contributed by atoms with Crippen LogP contribution in [0.15, 0.2) is 60.7 Å². The molecule has 3 aromatic rings. The molecule has 0 aliphatic carbocycles. The van der Waals surface area contributed by atoms with Crippen LogP contribution in [0.1, 0.15) is 31.8 Å². The number of carbonyl (C=O) groups is 3. The summed E-state index contributed by atoms with van der Waals surface area (Å²) in [6.07, 6.45) is 0.163. The Bertz CT molecular complexity index is 1350. The highest BCUT2D eigenvalue weighted by Crippen LogP contribution is 2.25. The monoisotopic (exact) mass is 617 g/mol. The summed E-state index contributed by atoms with van der Waals surface area (Å²) in [6, 6.07) is 15.9. The topological polar surface area (TPSA) is 97.0 Å². The molecule has 11 heteroatoms. The lowest BCUT2D eigenvalue weighted by Crippen LogP contribution is -2.45. The van der Waals surface area contributed by atoms with Gasteiger partial charge in [0.15, 0.2) is 0 Å². The van der Waals surface area contributed by atoms with Gasteiger partial charge in [0.1, 0.15) is 12.6 Å². The fraction of sp³-hybridized carbons (Fsp3) is 0.300. The molecule has 0 saturated carbocycles. The number of morpholine rings is 1. The largest absolute Gasteiger partial charge is 0.463 e. The zero-order valence-electron chi connectivity index (χ0n) is 22.4. The molecule has 0 radical (unpaired) electrons. The lowest BCUT2D eigenvalue weighted by atomic mass is 10.0. The Labute approximate surface area is 253 Å². The molecule has 2 amide bonds. The number of amides is 2. The van der Waals surface area contributed by atoms with E-state index in [9.17, 15) is 14.4 Å². The number of hydrogen-bond acceptors (Lipinski definition) is 6. The first kappa shape index (κ1) is 30.8. The molecule has 0 spiro atoms. The van der Waals surface area contributed by atoms with E-state index < -0.39 is 23.8 Å². The second kappa shape index (κ2) is 14.7. The quantitative estimate of drug-likeness (QED) is 0.295. The molecule has 0 aromatic heterocycles. The van der Waals surface area contributed by atoms with Crippen LogP contribution in [0.4, 0.5) is 5.69 Å². The molecule has 1 atom stereocenters. The molecule has 1 aliphatic rings. The smallest absolute Gasteiger partial charge is 0.329 e. The lowest BCUT2D eigenvalue weighted by Gasteiger charge is -2.26. The second-order valence-electron chi connectivity index (χ2n) is 9.53. The predicted octanol–water partition coefficient (Wildman–Crippen LogP) is 5.42. The summed E-state index contributed by atoms with van der Waals surface area (Å²) in [4.78, 5) is 41.2. The molecule has 1 heterocycles. The normalized spacial score (nSPS) is 14.2. The van der Waals surface area contributed by atoms with Gasteiger partial charge in [-0.2, -0.15) is 0 Å². The van der Waals surface area contributed by atoms with E-state index in [1.54, 1.807) is 67.6 Å². The Morgan fingerprint density at radius 3 is 2.12 bits per heavy atom. The van der Waals surface area contributed by atoms with E-state index in [-0.39, 0.29) is 28.6 Å². The van der Waals surface area contributed by atoms with Gasteiger partial charge in [-0.05, 0) is 48.4 Å². The minimum Gasteiger partial charge on any atom is -0.463 e. The summed E-state index contributed by atoms with van der Waals surface area (Å²) in [5.74, 6) is -1.47. The SMILES string of the molecule is Cc1cccc(Cl)c1C(=O)NC(Cc1ccc(NC(=O)c2c(Cl)cccc2Cl)cc1)C(=O)OCCN1CCOCC1. The predicted molar refractivity (Wildman–Crippen MR) is 160 cm³/mol. The fourth-order valence-electron chi connectivity index (χ4n) is 4.41. The van der Waals surface area contributed by atoms with Crippen LogP contribution in [0.2, 0.25) is 15.1 Å². The molecule has 216 valence electrons. The summed E-state index contributed by atoms with van der Waals surface area (Å²) in [5.41, 5.74) is 2.42. The highest BCUT2D eigenvalue weighted by atomic mass is 35.5. The summed E-state index contributed by atoms with van der Waals surface area (Å²) < 4.78 is 10.9. The van der Waals surface area contributed by atoms with Crippen LogP contribution in [0.5, 0.6) is 0 Å². The number of anilines is 1. The third-order valence-electron chi connectivity index (χ3n) is 6.64. The van der Waals surface area contributed by atoms with Crippen molar-refractivity contribution in [2.75, 3.05) is 44.8 Å². The maximum absolute atomic E-state index is 13.2. The Hall–Kier alpha value is -3.14. The van der Waals surface area contributed by atoms with Crippen molar-refractivity contribution < 1.29 is 23.9 Å². The van der Waals surface area contributed by atoms with Crippen molar-refractivity contribution >= 4 is 58.3 Å². The molecule has 8 nitrogen and oxygen atoms in total. The summed E-state index contributed by atoms with van der Waals surface area (Å²) >= 11 is 18.6. The summed E-state index contributed by atoms with van der Waals surface area (Å²) in [6.45, 7) is 5.37. The summed E-state index contributed by atoms with van der Waals surface area (Å²) in [5, 5.41) is 6.35.